The van der Waals surface area contributed by atoms with Crippen molar-refractivity contribution in [1.29, 1.82) is 0 Å². The van der Waals surface area contributed by atoms with Gasteiger partial charge in [-0.05, 0) is 79.7 Å². The summed E-state index contributed by atoms with van der Waals surface area (Å²) in [5, 5.41) is 14.9. The highest BCUT2D eigenvalue weighted by Crippen LogP contribution is 2.55. The molecule has 1 aliphatic heterocycles. The Morgan fingerprint density at radius 2 is 1.76 bits per heavy atom. The van der Waals surface area contributed by atoms with Crippen LogP contribution in [0, 0.1) is 35.0 Å². The van der Waals surface area contributed by atoms with Gasteiger partial charge in [-0.1, -0.05) is 27.7 Å². The Labute approximate surface area is 198 Å². The fourth-order valence-corrected chi connectivity index (χ4v) is 6.95. The lowest BCUT2D eigenvalue weighted by Gasteiger charge is -2.56. The van der Waals surface area contributed by atoms with Crippen LogP contribution in [-0.2, 0) is 4.79 Å². The lowest BCUT2D eigenvalue weighted by molar-refractivity contribution is -0.151. The van der Waals surface area contributed by atoms with Gasteiger partial charge in [0.05, 0.1) is 6.10 Å². The Hall–Kier alpha value is -1.95. The summed E-state index contributed by atoms with van der Waals surface area (Å²) in [6.45, 7) is 10.4. The number of hydrogen-bond donors (Lipinski definition) is 2. The number of hydrogen-bond acceptors (Lipinski definition) is 4. The van der Waals surface area contributed by atoms with E-state index in [2.05, 4.69) is 31.1 Å². The van der Waals surface area contributed by atoms with E-state index in [0.29, 0.717) is 11.5 Å². The number of aromatic nitrogens is 1. The first kappa shape index (κ1) is 24.2. The molecule has 7 unspecified atom stereocenters. The molecule has 3 fully saturated rings. The molecule has 3 aliphatic rings. The predicted molar refractivity (Wildman–Crippen MR) is 128 cm³/mol. The molecular weight excluding hydrogens is 414 g/mol. The summed E-state index contributed by atoms with van der Waals surface area (Å²) in [5.41, 5.74) is 0.666. The van der Waals surface area contributed by atoms with Crippen LogP contribution in [0.25, 0.3) is 0 Å². The smallest absolute Gasteiger partial charge is 0.251 e. The normalized spacial score (nSPS) is 36.0. The molecular formula is C27H41N3O3. The maximum absolute atomic E-state index is 13.3. The van der Waals surface area contributed by atoms with E-state index in [-0.39, 0.29) is 46.9 Å². The highest BCUT2D eigenvalue weighted by molar-refractivity contribution is 5.94. The fourth-order valence-electron chi connectivity index (χ4n) is 6.95. The monoisotopic (exact) mass is 455 g/mol. The Balaban J connectivity index is 1.45. The molecule has 2 N–H and O–H groups in total. The molecule has 6 heteroatoms. The molecule has 182 valence electrons. The molecule has 1 saturated heterocycles. The second-order valence-electron chi connectivity index (χ2n) is 11.4. The zero-order valence-electron chi connectivity index (χ0n) is 20.7. The van der Waals surface area contributed by atoms with Crippen molar-refractivity contribution in [2.24, 2.45) is 35.0 Å². The van der Waals surface area contributed by atoms with Crippen LogP contribution in [0.3, 0.4) is 0 Å². The fraction of sp³-hybridized carbons (Fsp3) is 0.741. The second kappa shape index (κ2) is 9.73. The third-order valence-electron chi connectivity index (χ3n) is 9.27. The molecule has 0 radical (unpaired) electrons. The molecule has 6 nitrogen and oxygen atoms in total. The van der Waals surface area contributed by atoms with Crippen molar-refractivity contribution in [2.75, 3.05) is 13.1 Å². The Bertz CT molecular complexity index is 838. The SMILES string of the molecule is CC1CCN(C(=O)C(C)C2CCC3(C)CCC(NC(=O)c4ccncc4)C(C)C3C2O)CC1. The van der Waals surface area contributed by atoms with Gasteiger partial charge in [-0.25, -0.2) is 0 Å². The lowest BCUT2D eigenvalue weighted by atomic mass is 9.51. The van der Waals surface area contributed by atoms with Crippen LogP contribution < -0.4 is 5.32 Å². The van der Waals surface area contributed by atoms with E-state index in [9.17, 15) is 14.7 Å². The van der Waals surface area contributed by atoms with Crippen molar-refractivity contribution in [3.8, 4) is 0 Å². The van der Waals surface area contributed by atoms with Crippen LogP contribution in [-0.4, -0.2) is 52.0 Å². The zero-order chi connectivity index (χ0) is 23.8. The van der Waals surface area contributed by atoms with Crippen molar-refractivity contribution >= 4 is 11.8 Å². The summed E-state index contributed by atoms with van der Waals surface area (Å²) in [4.78, 5) is 32.1. The van der Waals surface area contributed by atoms with E-state index in [0.717, 1.165) is 51.6 Å². The number of aliphatic hydroxyl groups excluding tert-OH is 1. The first-order valence-electron chi connectivity index (χ1n) is 12.9. The lowest BCUT2D eigenvalue weighted by Crippen LogP contribution is -2.58. The standard InChI is InChI=1S/C27H41N3O3/c1-17-9-15-30(16-10-17)26(33)18(2)21-5-11-27(4)12-6-22(19(3)23(27)24(21)31)29-25(32)20-7-13-28-14-8-20/h7-8,13-14,17-19,21-24,31H,5-6,9-12,15-16H2,1-4H3,(H,29,32). The van der Waals surface area contributed by atoms with E-state index < -0.39 is 6.10 Å². The second-order valence-corrected chi connectivity index (χ2v) is 11.4. The number of nitrogens with one attached hydrogen (secondary N) is 1. The summed E-state index contributed by atoms with van der Waals surface area (Å²) in [6, 6.07) is 3.48. The quantitative estimate of drug-likeness (QED) is 0.721. The average Bonchev–Trinajstić information content (AvgIpc) is 2.81. The maximum atomic E-state index is 13.3. The van der Waals surface area contributed by atoms with Crippen molar-refractivity contribution in [2.45, 2.75) is 78.4 Å². The maximum Gasteiger partial charge on any atom is 0.251 e. The van der Waals surface area contributed by atoms with Crippen LogP contribution in [0.15, 0.2) is 24.5 Å². The highest BCUT2D eigenvalue weighted by Gasteiger charge is 2.54. The van der Waals surface area contributed by atoms with E-state index in [1.807, 2.05) is 11.8 Å². The molecule has 2 heterocycles. The molecule has 1 aromatic rings. The molecule has 7 atom stereocenters. The number of fused-ring (bicyclic) bond motifs is 1. The van der Waals surface area contributed by atoms with Gasteiger partial charge in [-0.3, -0.25) is 14.6 Å². The molecule has 0 bridgehead atoms. The summed E-state index contributed by atoms with van der Waals surface area (Å²) < 4.78 is 0. The van der Waals surface area contributed by atoms with Crippen LogP contribution >= 0.6 is 0 Å². The van der Waals surface area contributed by atoms with Gasteiger partial charge in [0.1, 0.15) is 0 Å². The van der Waals surface area contributed by atoms with Crippen molar-refractivity contribution in [3.05, 3.63) is 30.1 Å². The van der Waals surface area contributed by atoms with E-state index in [4.69, 9.17) is 0 Å². The number of rotatable bonds is 4. The number of piperidine rings is 1. The molecule has 2 aliphatic carbocycles. The molecule has 1 aromatic heterocycles. The minimum atomic E-state index is -0.526. The van der Waals surface area contributed by atoms with Gasteiger partial charge in [0.15, 0.2) is 0 Å². The topological polar surface area (TPSA) is 82.5 Å². The Morgan fingerprint density at radius 1 is 1.12 bits per heavy atom. The number of carbonyl (C=O) groups is 2. The van der Waals surface area contributed by atoms with Crippen LogP contribution in [0.1, 0.15) is 76.6 Å². The highest BCUT2D eigenvalue weighted by atomic mass is 16.3. The number of pyridine rings is 1. The third kappa shape index (κ3) is 4.82. The predicted octanol–water partition coefficient (Wildman–Crippen LogP) is 3.90. The molecule has 4 rings (SSSR count). The van der Waals surface area contributed by atoms with Gasteiger partial charge >= 0.3 is 0 Å². The Kier molecular flexibility index (Phi) is 7.13. The van der Waals surface area contributed by atoms with Gasteiger partial charge in [0.2, 0.25) is 5.91 Å². The molecule has 0 spiro atoms. The number of nitrogens with zero attached hydrogens (tertiary/aromatic N) is 2. The number of amides is 2. The minimum Gasteiger partial charge on any atom is -0.392 e. The molecule has 33 heavy (non-hydrogen) atoms. The van der Waals surface area contributed by atoms with Gasteiger partial charge in [-0.2, -0.15) is 0 Å². The van der Waals surface area contributed by atoms with Crippen molar-refractivity contribution in [3.63, 3.8) is 0 Å². The van der Waals surface area contributed by atoms with Crippen molar-refractivity contribution in [1.82, 2.24) is 15.2 Å². The zero-order valence-corrected chi connectivity index (χ0v) is 20.7. The number of aliphatic hydroxyl groups is 1. The van der Waals surface area contributed by atoms with Gasteiger partial charge in [-0.15, -0.1) is 0 Å². The minimum absolute atomic E-state index is 0.0201. The third-order valence-corrected chi connectivity index (χ3v) is 9.27. The summed E-state index contributed by atoms with van der Waals surface area (Å²) in [5.74, 6) is 0.842. The van der Waals surface area contributed by atoms with Crippen LogP contribution in [0.4, 0.5) is 0 Å². The first-order valence-corrected chi connectivity index (χ1v) is 12.9. The average molecular weight is 456 g/mol. The van der Waals surface area contributed by atoms with Gasteiger partial charge in [0.25, 0.3) is 5.91 Å². The molecule has 0 aromatic carbocycles. The molecule has 2 saturated carbocycles. The van der Waals surface area contributed by atoms with Crippen LogP contribution in [0.5, 0.6) is 0 Å². The van der Waals surface area contributed by atoms with Crippen molar-refractivity contribution < 1.29 is 14.7 Å². The summed E-state index contributed by atoms with van der Waals surface area (Å²) in [7, 11) is 0. The van der Waals surface area contributed by atoms with E-state index in [1.165, 1.54) is 0 Å². The molecule has 2 amide bonds. The summed E-state index contributed by atoms with van der Waals surface area (Å²) >= 11 is 0. The van der Waals surface area contributed by atoms with Gasteiger partial charge in [0, 0.05) is 43.0 Å². The van der Waals surface area contributed by atoms with E-state index >= 15 is 0 Å². The van der Waals surface area contributed by atoms with Crippen LogP contribution in [0.2, 0.25) is 0 Å². The van der Waals surface area contributed by atoms with E-state index in [1.54, 1.807) is 24.5 Å². The number of carbonyl (C=O) groups excluding carboxylic acids is 2. The summed E-state index contributed by atoms with van der Waals surface area (Å²) in [6.07, 6.45) is 8.71. The number of likely N-dealkylation sites (tertiary alicyclic amines) is 1. The van der Waals surface area contributed by atoms with Gasteiger partial charge < -0.3 is 15.3 Å². The largest absolute Gasteiger partial charge is 0.392 e. The first-order chi connectivity index (χ1) is 15.7. The Morgan fingerprint density at radius 3 is 2.42 bits per heavy atom.